The minimum Gasteiger partial charge on any atom is -0.496 e. The molecule has 0 radical (unpaired) electrons. The van der Waals surface area contributed by atoms with Gasteiger partial charge in [0.1, 0.15) is 17.6 Å². The van der Waals surface area contributed by atoms with E-state index in [1.54, 1.807) is 14.0 Å². The minimum absolute atomic E-state index is 0.143. The van der Waals surface area contributed by atoms with Crippen LogP contribution in [0.2, 0.25) is 0 Å². The van der Waals surface area contributed by atoms with Gasteiger partial charge in [-0.15, -0.1) is 0 Å². The zero-order valence-corrected chi connectivity index (χ0v) is 18.8. The third-order valence-electron chi connectivity index (χ3n) is 4.97. The van der Waals surface area contributed by atoms with E-state index >= 15 is 0 Å². The van der Waals surface area contributed by atoms with Crippen molar-refractivity contribution in [2.45, 2.75) is 45.7 Å². The summed E-state index contributed by atoms with van der Waals surface area (Å²) in [6, 6.07) is 9.77. The summed E-state index contributed by atoms with van der Waals surface area (Å²) in [7, 11) is -2.31. The number of sulfonamides is 1. The molecule has 6 nitrogen and oxygen atoms in total. The van der Waals surface area contributed by atoms with E-state index in [1.165, 1.54) is 24.3 Å². The van der Waals surface area contributed by atoms with E-state index < -0.39 is 27.8 Å². The second-order valence-corrected chi connectivity index (χ2v) is 8.99. The average molecular weight is 437 g/mol. The zero-order chi connectivity index (χ0) is 22.5. The molecule has 1 N–H and O–H groups in total. The first-order valence-electron chi connectivity index (χ1n) is 9.82. The molecule has 2 aromatic carbocycles. The number of hydrogen-bond acceptors (Lipinski definition) is 4. The van der Waals surface area contributed by atoms with E-state index in [2.05, 4.69) is 5.32 Å². The van der Waals surface area contributed by atoms with Crippen molar-refractivity contribution in [2.75, 3.05) is 17.7 Å². The molecular weight excluding hydrogens is 407 g/mol. The lowest BCUT2D eigenvalue weighted by atomic mass is 10.0. The molecule has 2 aromatic rings. The first-order valence-corrected chi connectivity index (χ1v) is 11.7. The third kappa shape index (κ3) is 5.30. The summed E-state index contributed by atoms with van der Waals surface area (Å²) in [6.07, 6.45) is 1.76. The standard InChI is InChI=1S/C22H29FN2O4S/c1-6-18(16-12-13-21(29-4)15(3)14-16)24-22(26)19(7-2)25(30(5,27)28)20-11-9-8-10-17(20)23/h8-14,18-19H,6-7H2,1-5H3,(H,24,26)/t18-,19-/m0/s1. The van der Waals surface area contributed by atoms with E-state index in [-0.39, 0.29) is 18.2 Å². The van der Waals surface area contributed by atoms with E-state index in [1.807, 2.05) is 32.0 Å². The molecule has 2 rings (SSSR count). The lowest BCUT2D eigenvalue weighted by Gasteiger charge is -2.31. The van der Waals surface area contributed by atoms with E-state index in [0.717, 1.165) is 27.4 Å². The molecular formula is C22H29FN2O4S. The SMILES string of the molecule is CC[C@H](NC(=O)[C@H](CC)N(c1ccccc1F)S(C)(=O)=O)c1ccc(OC)c(C)c1. The molecule has 0 aliphatic carbocycles. The summed E-state index contributed by atoms with van der Waals surface area (Å²) in [4.78, 5) is 13.1. The fraction of sp³-hybridized carbons (Fsp3) is 0.409. The van der Waals surface area contributed by atoms with Crippen LogP contribution in [-0.4, -0.2) is 33.7 Å². The van der Waals surface area contributed by atoms with Gasteiger partial charge in [-0.25, -0.2) is 12.8 Å². The van der Waals surface area contributed by atoms with E-state index in [0.29, 0.717) is 6.42 Å². The van der Waals surface area contributed by atoms with Crippen molar-refractivity contribution in [1.29, 1.82) is 0 Å². The van der Waals surface area contributed by atoms with Crippen molar-refractivity contribution in [2.24, 2.45) is 0 Å². The number of hydrogen-bond donors (Lipinski definition) is 1. The Morgan fingerprint density at radius 1 is 1.17 bits per heavy atom. The second-order valence-electron chi connectivity index (χ2n) is 7.13. The highest BCUT2D eigenvalue weighted by Gasteiger charge is 2.34. The van der Waals surface area contributed by atoms with Gasteiger partial charge >= 0.3 is 0 Å². The van der Waals surface area contributed by atoms with Crippen LogP contribution in [-0.2, 0) is 14.8 Å². The number of halogens is 1. The lowest BCUT2D eigenvalue weighted by Crippen LogP contribution is -2.50. The number of nitrogens with zero attached hydrogens (tertiary/aromatic N) is 1. The van der Waals surface area contributed by atoms with E-state index in [4.69, 9.17) is 4.74 Å². The van der Waals surface area contributed by atoms with Crippen LogP contribution in [0.15, 0.2) is 42.5 Å². The van der Waals surface area contributed by atoms with Crippen LogP contribution in [0.25, 0.3) is 0 Å². The Morgan fingerprint density at radius 2 is 1.83 bits per heavy atom. The van der Waals surface area contributed by atoms with Crippen molar-refractivity contribution in [3.63, 3.8) is 0 Å². The molecule has 8 heteroatoms. The van der Waals surface area contributed by atoms with Gasteiger partial charge in [-0.05, 0) is 49.1 Å². The predicted octanol–water partition coefficient (Wildman–Crippen LogP) is 3.95. The molecule has 0 saturated heterocycles. The summed E-state index contributed by atoms with van der Waals surface area (Å²) in [5, 5.41) is 2.93. The molecule has 0 heterocycles. The molecule has 0 unspecified atom stereocenters. The van der Waals surface area contributed by atoms with Gasteiger partial charge in [-0.2, -0.15) is 0 Å². The number of carbonyl (C=O) groups is 1. The molecule has 1 amide bonds. The quantitative estimate of drug-likeness (QED) is 0.646. The fourth-order valence-corrected chi connectivity index (χ4v) is 4.69. The molecule has 164 valence electrons. The van der Waals surface area contributed by atoms with Crippen molar-refractivity contribution in [3.05, 3.63) is 59.4 Å². The largest absolute Gasteiger partial charge is 0.496 e. The first kappa shape index (κ1) is 23.7. The smallest absolute Gasteiger partial charge is 0.244 e. The monoisotopic (exact) mass is 436 g/mol. The highest BCUT2D eigenvalue weighted by atomic mass is 32.2. The Morgan fingerprint density at radius 3 is 2.33 bits per heavy atom. The maximum absolute atomic E-state index is 14.4. The van der Waals surface area contributed by atoms with Crippen LogP contribution < -0.4 is 14.4 Å². The number of nitrogens with one attached hydrogen (secondary N) is 1. The van der Waals surface area contributed by atoms with Gasteiger partial charge < -0.3 is 10.1 Å². The number of aryl methyl sites for hydroxylation is 1. The van der Waals surface area contributed by atoms with Crippen LogP contribution >= 0.6 is 0 Å². The topological polar surface area (TPSA) is 75.7 Å². The molecule has 0 aromatic heterocycles. The Kier molecular flexibility index (Phi) is 7.83. The van der Waals surface area contributed by atoms with Gasteiger partial charge in [0.15, 0.2) is 0 Å². The Labute approximate surface area is 178 Å². The van der Waals surface area contributed by atoms with Gasteiger partial charge in [0.05, 0.1) is 25.1 Å². The van der Waals surface area contributed by atoms with Crippen LogP contribution in [0.3, 0.4) is 0 Å². The van der Waals surface area contributed by atoms with Crippen molar-refractivity contribution in [1.82, 2.24) is 5.32 Å². The zero-order valence-electron chi connectivity index (χ0n) is 18.0. The summed E-state index contributed by atoms with van der Waals surface area (Å²) in [5.74, 6) is -0.437. The van der Waals surface area contributed by atoms with Gasteiger partial charge in [0.25, 0.3) is 0 Å². The summed E-state index contributed by atoms with van der Waals surface area (Å²) < 4.78 is 45.5. The number of carbonyl (C=O) groups excluding carboxylic acids is 1. The number of amides is 1. The first-order chi connectivity index (χ1) is 14.1. The highest BCUT2D eigenvalue weighted by molar-refractivity contribution is 7.92. The molecule has 0 saturated carbocycles. The number of benzene rings is 2. The van der Waals surface area contributed by atoms with Crippen LogP contribution in [0.4, 0.5) is 10.1 Å². The van der Waals surface area contributed by atoms with Gasteiger partial charge in [0, 0.05) is 0 Å². The van der Waals surface area contributed by atoms with Gasteiger partial charge in [0.2, 0.25) is 15.9 Å². The number of para-hydroxylation sites is 1. The Hall–Kier alpha value is -2.61. The number of methoxy groups -OCH3 is 1. The molecule has 0 bridgehead atoms. The number of rotatable bonds is 9. The molecule has 30 heavy (non-hydrogen) atoms. The number of anilines is 1. The second kappa shape index (κ2) is 9.93. The summed E-state index contributed by atoms with van der Waals surface area (Å²) in [5.41, 5.74) is 1.67. The highest BCUT2D eigenvalue weighted by Crippen LogP contribution is 2.27. The van der Waals surface area contributed by atoms with Crippen LogP contribution in [0.5, 0.6) is 5.75 Å². The minimum atomic E-state index is -3.90. The Balaban J connectivity index is 2.37. The lowest BCUT2D eigenvalue weighted by molar-refractivity contribution is -0.123. The Bertz CT molecular complexity index is 994. The van der Waals surface area contributed by atoms with Gasteiger partial charge in [-0.1, -0.05) is 38.1 Å². The fourth-order valence-electron chi connectivity index (χ4n) is 3.47. The maximum Gasteiger partial charge on any atom is 0.244 e. The molecule has 0 fully saturated rings. The van der Waals surface area contributed by atoms with Crippen molar-refractivity contribution < 1.29 is 22.3 Å². The number of ether oxygens (including phenoxy) is 1. The summed E-state index contributed by atoms with van der Waals surface area (Å²) in [6.45, 7) is 5.54. The van der Waals surface area contributed by atoms with E-state index in [9.17, 15) is 17.6 Å². The average Bonchev–Trinajstić information content (AvgIpc) is 2.69. The normalized spacial score (nSPS) is 13.4. The third-order valence-corrected chi connectivity index (χ3v) is 6.13. The molecule has 0 aliphatic rings. The van der Waals surface area contributed by atoms with Crippen LogP contribution in [0, 0.1) is 12.7 Å². The summed E-state index contributed by atoms with van der Waals surface area (Å²) >= 11 is 0. The molecule has 0 aliphatic heterocycles. The van der Waals surface area contributed by atoms with Crippen LogP contribution in [0.1, 0.15) is 43.9 Å². The van der Waals surface area contributed by atoms with Crippen molar-refractivity contribution >= 4 is 21.6 Å². The molecule has 2 atom stereocenters. The predicted molar refractivity (Wildman–Crippen MR) is 117 cm³/mol. The van der Waals surface area contributed by atoms with Crippen molar-refractivity contribution in [3.8, 4) is 5.75 Å². The maximum atomic E-state index is 14.4. The van der Waals surface area contributed by atoms with Gasteiger partial charge in [-0.3, -0.25) is 9.10 Å². The molecule has 0 spiro atoms.